The summed E-state index contributed by atoms with van der Waals surface area (Å²) in [7, 11) is -2.40. The van der Waals surface area contributed by atoms with Crippen molar-refractivity contribution in [3.63, 3.8) is 0 Å². The largest absolute Gasteiger partial charge is 0.406 e. The molecule has 0 amide bonds. The van der Waals surface area contributed by atoms with E-state index in [1.165, 1.54) is 29.9 Å². The summed E-state index contributed by atoms with van der Waals surface area (Å²) in [6.45, 7) is 12.5. The molecule has 28 heavy (non-hydrogen) atoms. The SMILES string of the molecule is CC(C)(C)[Si](OCCN1CC[C@@H]2CNC[C@@H]21)(c1ccccc1)c1ccccc1. The first kappa shape index (κ1) is 19.8. The molecule has 2 aliphatic heterocycles. The van der Waals surface area contributed by atoms with Gasteiger partial charge in [-0.05, 0) is 40.8 Å². The second-order valence-electron chi connectivity index (χ2n) is 9.32. The van der Waals surface area contributed by atoms with Crippen LogP contribution in [0.15, 0.2) is 60.7 Å². The molecule has 2 fully saturated rings. The Morgan fingerprint density at radius 3 is 2.14 bits per heavy atom. The number of hydrogen-bond donors (Lipinski definition) is 1. The molecule has 1 N–H and O–H groups in total. The number of likely N-dealkylation sites (tertiary alicyclic amines) is 1. The van der Waals surface area contributed by atoms with Crippen molar-refractivity contribution < 1.29 is 4.43 Å². The smallest absolute Gasteiger partial charge is 0.261 e. The summed E-state index contributed by atoms with van der Waals surface area (Å²) < 4.78 is 7.05. The van der Waals surface area contributed by atoms with E-state index >= 15 is 0 Å². The van der Waals surface area contributed by atoms with Crippen molar-refractivity contribution in [1.29, 1.82) is 0 Å². The summed E-state index contributed by atoms with van der Waals surface area (Å²) in [5, 5.41) is 6.36. The van der Waals surface area contributed by atoms with Crippen LogP contribution >= 0.6 is 0 Å². The van der Waals surface area contributed by atoms with E-state index in [1.807, 2.05) is 0 Å². The third kappa shape index (κ3) is 3.59. The molecule has 0 aromatic heterocycles. The maximum absolute atomic E-state index is 7.05. The van der Waals surface area contributed by atoms with Gasteiger partial charge in [-0.1, -0.05) is 81.4 Å². The fourth-order valence-corrected chi connectivity index (χ4v) is 9.85. The Bertz CT molecular complexity index is 720. The first-order valence-corrected chi connectivity index (χ1v) is 12.6. The van der Waals surface area contributed by atoms with Gasteiger partial charge in [0.1, 0.15) is 0 Å². The third-order valence-corrected chi connectivity index (χ3v) is 11.7. The zero-order chi connectivity index (χ0) is 19.6. The minimum absolute atomic E-state index is 0.0537. The standard InChI is InChI=1S/C24H34N2OSi/c1-24(2,3)28(21-10-6-4-7-11-21,22-12-8-5-9-13-22)27-17-16-26-15-14-20-18-25-19-23(20)26/h4-13,20,23,25H,14-19H2,1-3H3/t20-,23+/m1/s1. The Hall–Kier alpha value is -1.46. The van der Waals surface area contributed by atoms with E-state index in [0.717, 1.165) is 25.6 Å². The normalized spacial score (nSPS) is 23.1. The zero-order valence-electron chi connectivity index (χ0n) is 17.5. The highest BCUT2D eigenvalue weighted by Crippen LogP contribution is 2.37. The first-order valence-electron chi connectivity index (χ1n) is 10.7. The van der Waals surface area contributed by atoms with Crippen LogP contribution < -0.4 is 15.7 Å². The van der Waals surface area contributed by atoms with Crippen LogP contribution in [0.1, 0.15) is 27.2 Å². The summed E-state index contributed by atoms with van der Waals surface area (Å²) in [5.74, 6) is 0.841. The summed E-state index contributed by atoms with van der Waals surface area (Å²) in [6.07, 6.45) is 1.33. The minimum Gasteiger partial charge on any atom is -0.406 e. The molecular formula is C24H34N2OSi. The van der Waals surface area contributed by atoms with E-state index in [9.17, 15) is 0 Å². The second kappa shape index (κ2) is 8.11. The highest BCUT2D eigenvalue weighted by Gasteiger charge is 2.50. The summed E-state index contributed by atoms with van der Waals surface area (Å²) >= 11 is 0. The maximum Gasteiger partial charge on any atom is 0.261 e. The van der Waals surface area contributed by atoms with Gasteiger partial charge in [-0.3, -0.25) is 4.90 Å². The Labute approximate surface area is 171 Å². The van der Waals surface area contributed by atoms with Crippen molar-refractivity contribution >= 4 is 18.7 Å². The van der Waals surface area contributed by atoms with Crippen molar-refractivity contribution in [3.05, 3.63) is 60.7 Å². The molecule has 0 bridgehead atoms. The fraction of sp³-hybridized carbons (Fsp3) is 0.500. The predicted molar refractivity (Wildman–Crippen MR) is 120 cm³/mol. The van der Waals surface area contributed by atoms with Gasteiger partial charge in [0.25, 0.3) is 8.32 Å². The minimum atomic E-state index is -2.40. The Balaban J connectivity index is 1.61. The van der Waals surface area contributed by atoms with Crippen LogP contribution in [0.4, 0.5) is 0 Å². The van der Waals surface area contributed by atoms with E-state index in [1.54, 1.807) is 0 Å². The van der Waals surface area contributed by atoms with Crippen molar-refractivity contribution in [2.45, 2.75) is 38.3 Å². The van der Waals surface area contributed by atoms with Gasteiger partial charge in [-0.15, -0.1) is 0 Å². The molecule has 2 saturated heterocycles. The molecule has 0 aliphatic carbocycles. The van der Waals surface area contributed by atoms with E-state index in [4.69, 9.17) is 4.43 Å². The molecule has 3 nitrogen and oxygen atoms in total. The van der Waals surface area contributed by atoms with Crippen LogP contribution in [0.25, 0.3) is 0 Å². The Morgan fingerprint density at radius 2 is 1.57 bits per heavy atom. The number of nitrogens with zero attached hydrogens (tertiary/aromatic N) is 1. The highest BCUT2D eigenvalue weighted by atomic mass is 28.4. The van der Waals surface area contributed by atoms with Crippen LogP contribution in [0.5, 0.6) is 0 Å². The summed E-state index contributed by atoms with van der Waals surface area (Å²) in [5.41, 5.74) is 0. The van der Waals surface area contributed by atoms with E-state index in [-0.39, 0.29) is 5.04 Å². The van der Waals surface area contributed by atoms with Crippen LogP contribution in [0.2, 0.25) is 5.04 Å². The van der Waals surface area contributed by atoms with E-state index in [0.29, 0.717) is 6.04 Å². The van der Waals surface area contributed by atoms with Crippen molar-refractivity contribution in [2.75, 3.05) is 32.8 Å². The third-order valence-electron chi connectivity index (χ3n) is 6.67. The number of fused-ring (bicyclic) bond motifs is 1. The van der Waals surface area contributed by atoms with Crippen molar-refractivity contribution in [2.24, 2.45) is 5.92 Å². The number of benzene rings is 2. The lowest BCUT2D eigenvalue weighted by atomic mass is 10.1. The quantitative estimate of drug-likeness (QED) is 0.763. The van der Waals surface area contributed by atoms with Crippen LogP contribution in [-0.2, 0) is 4.43 Å². The number of hydrogen-bond acceptors (Lipinski definition) is 3. The maximum atomic E-state index is 7.05. The number of nitrogens with one attached hydrogen (secondary N) is 1. The van der Waals surface area contributed by atoms with Crippen LogP contribution in [0, 0.1) is 5.92 Å². The molecule has 0 radical (unpaired) electrons. The molecule has 2 aromatic rings. The molecule has 150 valence electrons. The van der Waals surface area contributed by atoms with Gasteiger partial charge in [-0.2, -0.15) is 0 Å². The average Bonchev–Trinajstić information content (AvgIpc) is 3.30. The molecule has 4 rings (SSSR count). The van der Waals surface area contributed by atoms with E-state index in [2.05, 4.69) is 91.7 Å². The summed E-state index contributed by atoms with van der Waals surface area (Å²) in [4.78, 5) is 2.66. The van der Waals surface area contributed by atoms with Crippen LogP contribution in [0.3, 0.4) is 0 Å². The molecule has 4 heteroatoms. The Morgan fingerprint density at radius 1 is 0.964 bits per heavy atom. The molecule has 2 aromatic carbocycles. The second-order valence-corrected chi connectivity index (χ2v) is 13.6. The lowest BCUT2D eigenvalue weighted by Gasteiger charge is -2.43. The highest BCUT2D eigenvalue weighted by molar-refractivity contribution is 6.99. The van der Waals surface area contributed by atoms with Gasteiger partial charge in [0.15, 0.2) is 0 Å². The van der Waals surface area contributed by atoms with Gasteiger partial charge >= 0.3 is 0 Å². The monoisotopic (exact) mass is 394 g/mol. The van der Waals surface area contributed by atoms with Gasteiger partial charge in [0.05, 0.1) is 0 Å². The zero-order valence-corrected chi connectivity index (χ0v) is 18.5. The van der Waals surface area contributed by atoms with Gasteiger partial charge < -0.3 is 9.74 Å². The summed E-state index contributed by atoms with van der Waals surface area (Å²) in [6, 6.07) is 22.6. The Kier molecular flexibility index (Phi) is 5.75. The van der Waals surface area contributed by atoms with Gasteiger partial charge in [0, 0.05) is 25.7 Å². The van der Waals surface area contributed by atoms with E-state index < -0.39 is 8.32 Å². The van der Waals surface area contributed by atoms with Crippen LogP contribution in [-0.4, -0.2) is 52.0 Å². The van der Waals surface area contributed by atoms with Crippen molar-refractivity contribution in [1.82, 2.24) is 10.2 Å². The van der Waals surface area contributed by atoms with Gasteiger partial charge in [-0.25, -0.2) is 0 Å². The molecule has 2 aliphatic rings. The molecule has 0 unspecified atom stereocenters. The first-order chi connectivity index (χ1) is 13.5. The van der Waals surface area contributed by atoms with Gasteiger partial charge in [0.2, 0.25) is 0 Å². The molecular weight excluding hydrogens is 360 g/mol. The fourth-order valence-electron chi connectivity index (χ4n) is 5.29. The molecule has 0 spiro atoms. The van der Waals surface area contributed by atoms with Crippen molar-refractivity contribution in [3.8, 4) is 0 Å². The molecule has 0 saturated carbocycles. The average molecular weight is 395 g/mol. The lowest BCUT2D eigenvalue weighted by Crippen LogP contribution is -2.67. The lowest BCUT2D eigenvalue weighted by molar-refractivity contribution is 0.190. The molecule has 2 heterocycles. The molecule has 2 atom stereocenters. The topological polar surface area (TPSA) is 24.5 Å². The number of rotatable bonds is 6. The predicted octanol–water partition coefficient (Wildman–Crippen LogP) is 2.86.